The van der Waals surface area contributed by atoms with Gasteiger partial charge in [-0.1, -0.05) is 29.4 Å². The summed E-state index contributed by atoms with van der Waals surface area (Å²) in [6, 6.07) is 10.1. The largest absolute Gasteiger partial charge is 0.495 e. The van der Waals surface area contributed by atoms with E-state index in [0.717, 1.165) is 5.56 Å². The van der Waals surface area contributed by atoms with Crippen molar-refractivity contribution in [2.75, 3.05) is 23.5 Å². The van der Waals surface area contributed by atoms with Crippen LogP contribution in [0.4, 0.5) is 11.4 Å². The van der Waals surface area contributed by atoms with E-state index in [1.807, 2.05) is 6.92 Å². The molecule has 0 radical (unpaired) electrons. The van der Waals surface area contributed by atoms with Gasteiger partial charge in [-0.15, -0.1) is 10.2 Å². The summed E-state index contributed by atoms with van der Waals surface area (Å²) < 4.78 is 7.02. The van der Waals surface area contributed by atoms with Gasteiger partial charge < -0.3 is 19.9 Å². The van der Waals surface area contributed by atoms with Crippen LogP contribution >= 0.6 is 23.4 Å². The monoisotopic (exact) mass is 445 g/mol. The van der Waals surface area contributed by atoms with E-state index in [4.69, 9.17) is 16.3 Å². The number of carbonyl (C=O) groups is 2. The Bertz CT molecular complexity index is 1090. The Morgan fingerprint density at radius 1 is 1.23 bits per heavy atom. The number of aromatic nitrogens is 3. The molecule has 1 heterocycles. The zero-order chi connectivity index (χ0) is 21.7. The van der Waals surface area contributed by atoms with Crippen LogP contribution in [0.1, 0.15) is 15.9 Å². The molecule has 3 aromatic rings. The standard InChI is InChI=1S/C20H20ClN5O3S/c1-12-7-16(17(29-3)9-15(12)21)24-19(28)13-5-4-6-14(8-13)23-18(27)10-30-20-25-22-11-26(20)2/h4-9,11H,10H2,1-3H3,(H,23,27)(H,24,28). The lowest BCUT2D eigenvalue weighted by molar-refractivity contribution is -0.113. The molecule has 0 aliphatic carbocycles. The van der Waals surface area contributed by atoms with Gasteiger partial charge in [0.2, 0.25) is 5.91 Å². The van der Waals surface area contributed by atoms with Crippen LogP contribution in [0.25, 0.3) is 0 Å². The topological polar surface area (TPSA) is 98.1 Å². The molecule has 2 aromatic carbocycles. The summed E-state index contributed by atoms with van der Waals surface area (Å²) in [6.45, 7) is 1.84. The van der Waals surface area contributed by atoms with E-state index in [2.05, 4.69) is 20.8 Å². The SMILES string of the molecule is COc1cc(Cl)c(C)cc1NC(=O)c1cccc(NC(=O)CSc2nncn2C)c1. The van der Waals surface area contributed by atoms with E-state index in [1.54, 1.807) is 54.3 Å². The Morgan fingerprint density at radius 3 is 2.73 bits per heavy atom. The zero-order valence-electron chi connectivity index (χ0n) is 16.6. The molecule has 30 heavy (non-hydrogen) atoms. The molecule has 156 valence electrons. The van der Waals surface area contributed by atoms with Crippen LogP contribution in [-0.2, 0) is 11.8 Å². The minimum Gasteiger partial charge on any atom is -0.495 e. The van der Waals surface area contributed by atoms with Gasteiger partial charge in [-0.05, 0) is 36.8 Å². The first-order valence-corrected chi connectivity index (χ1v) is 10.3. The smallest absolute Gasteiger partial charge is 0.255 e. The van der Waals surface area contributed by atoms with Gasteiger partial charge >= 0.3 is 0 Å². The highest BCUT2D eigenvalue weighted by Crippen LogP contribution is 2.31. The molecule has 0 saturated heterocycles. The highest BCUT2D eigenvalue weighted by atomic mass is 35.5. The number of rotatable bonds is 7. The summed E-state index contributed by atoms with van der Waals surface area (Å²) in [6.07, 6.45) is 1.57. The van der Waals surface area contributed by atoms with Crippen molar-refractivity contribution in [3.05, 3.63) is 58.9 Å². The van der Waals surface area contributed by atoms with Crippen molar-refractivity contribution in [3.8, 4) is 5.75 Å². The van der Waals surface area contributed by atoms with Gasteiger partial charge in [-0.2, -0.15) is 0 Å². The maximum Gasteiger partial charge on any atom is 0.255 e. The first kappa shape index (κ1) is 21.7. The minimum atomic E-state index is -0.334. The van der Waals surface area contributed by atoms with Gasteiger partial charge in [-0.25, -0.2) is 0 Å². The van der Waals surface area contributed by atoms with Gasteiger partial charge in [0, 0.05) is 29.4 Å². The summed E-state index contributed by atoms with van der Waals surface area (Å²) in [5.74, 6) is 0.0869. The number of ether oxygens (including phenoxy) is 1. The number of carbonyl (C=O) groups excluding carboxylic acids is 2. The first-order chi connectivity index (χ1) is 14.4. The molecule has 3 rings (SSSR count). The Kier molecular flexibility index (Phi) is 6.96. The number of methoxy groups -OCH3 is 1. The van der Waals surface area contributed by atoms with Gasteiger partial charge in [-0.3, -0.25) is 9.59 Å². The predicted octanol–water partition coefficient (Wildman–Crippen LogP) is 3.77. The van der Waals surface area contributed by atoms with Crippen LogP contribution in [0.5, 0.6) is 5.75 Å². The summed E-state index contributed by atoms with van der Waals surface area (Å²) in [7, 11) is 3.31. The van der Waals surface area contributed by atoms with Crippen molar-refractivity contribution in [1.29, 1.82) is 0 Å². The molecule has 0 spiro atoms. The second kappa shape index (κ2) is 9.64. The Labute approximate surface area is 183 Å². The molecular formula is C20H20ClN5O3S. The second-order valence-corrected chi connectivity index (χ2v) is 7.75. The molecule has 2 N–H and O–H groups in total. The molecule has 2 amide bonds. The molecule has 0 fully saturated rings. The highest BCUT2D eigenvalue weighted by Gasteiger charge is 2.13. The van der Waals surface area contributed by atoms with Gasteiger partial charge in [0.15, 0.2) is 5.16 Å². The fourth-order valence-electron chi connectivity index (χ4n) is 2.59. The van der Waals surface area contributed by atoms with E-state index >= 15 is 0 Å². The number of nitrogens with one attached hydrogen (secondary N) is 2. The second-order valence-electron chi connectivity index (χ2n) is 6.40. The summed E-state index contributed by atoms with van der Waals surface area (Å²) >= 11 is 7.38. The lowest BCUT2D eigenvalue weighted by Gasteiger charge is -2.13. The van der Waals surface area contributed by atoms with Crippen LogP contribution in [0.2, 0.25) is 5.02 Å². The van der Waals surface area contributed by atoms with Crippen LogP contribution < -0.4 is 15.4 Å². The number of aryl methyl sites for hydroxylation is 2. The summed E-state index contributed by atoms with van der Waals surface area (Å²) in [5.41, 5.74) is 2.24. The predicted molar refractivity (Wildman–Crippen MR) is 117 cm³/mol. The van der Waals surface area contributed by atoms with Crippen molar-refractivity contribution >= 4 is 46.6 Å². The van der Waals surface area contributed by atoms with E-state index in [-0.39, 0.29) is 17.6 Å². The van der Waals surface area contributed by atoms with Crippen LogP contribution in [0.15, 0.2) is 47.9 Å². The van der Waals surface area contributed by atoms with Crippen molar-refractivity contribution in [1.82, 2.24) is 14.8 Å². The highest BCUT2D eigenvalue weighted by molar-refractivity contribution is 7.99. The van der Waals surface area contributed by atoms with Gasteiger partial charge in [0.25, 0.3) is 5.91 Å². The number of hydrogen-bond acceptors (Lipinski definition) is 6. The van der Waals surface area contributed by atoms with Crippen molar-refractivity contribution in [2.24, 2.45) is 7.05 Å². The quantitative estimate of drug-likeness (QED) is 0.537. The maximum atomic E-state index is 12.7. The van der Waals surface area contributed by atoms with Crippen molar-refractivity contribution in [2.45, 2.75) is 12.1 Å². The van der Waals surface area contributed by atoms with E-state index in [0.29, 0.717) is 32.9 Å². The number of hydrogen-bond donors (Lipinski definition) is 2. The Hall–Kier alpha value is -3.04. The fourth-order valence-corrected chi connectivity index (χ4v) is 3.43. The molecule has 10 heteroatoms. The van der Waals surface area contributed by atoms with E-state index in [9.17, 15) is 9.59 Å². The molecule has 0 saturated carbocycles. The number of amides is 2. The number of anilines is 2. The maximum absolute atomic E-state index is 12.7. The average molecular weight is 446 g/mol. The normalized spacial score (nSPS) is 10.5. The molecule has 0 unspecified atom stereocenters. The van der Waals surface area contributed by atoms with E-state index < -0.39 is 0 Å². The molecule has 0 bridgehead atoms. The zero-order valence-corrected chi connectivity index (χ0v) is 18.2. The van der Waals surface area contributed by atoms with Gasteiger partial charge in [0.05, 0.1) is 18.6 Å². The molecular weight excluding hydrogens is 426 g/mol. The number of thioether (sulfide) groups is 1. The molecule has 1 aromatic heterocycles. The number of halogens is 1. The minimum absolute atomic E-state index is 0.171. The van der Waals surface area contributed by atoms with Crippen LogP contribution in [-0.4, -0.2) is 39.4 Å². The third kappa shape index (κ3) is 5.31. The lowest BCUT2D eigenvalue weighted by Crippen LogP contribution is -2.16. The van der Waals surface area contributed by atoms with Gasteiger partial charge in [0.1, 0.15) is 12.1 Å². The lowest BCUT2D eigenvalue weighted by atomic mass is 10.1. The Balaban J connectivity index is 1.66. The fraction of sp³-hybridized carbons (Fsp3) is 0.200. The summed E-state index contributed by atoms with van der Waals surface area (Å²) in [4.78, 5) is 24.9. The number of nitrogens with zero attached hydrogens (tertiary/aromatic N) is 3. The summed E-state index contributed by atoms with van der Waals surface area (Å²) in [5, 5.41) is 14.5. The van der Waals surface area contributed by atoms with Crippen molar-refractivity contribution < 1.29 is 14.3 Å². The van der Waals surface area contributed by atoms with Crippen LogP contribution in [0, 0.1) is 6.92 Å². The molecule has 8 nitrogen and oxygen atoms in total. The third-order valence-electron chi connectivity index (χ3n) is 4.14. The average Bonchev–Trinajstić information content (AvgIpc) is 3.14. The van der Waals surface area contributed by atoms with E-state index in [1.165, 1.54) is 18.9 Å². The molecule has 0 atom stereocenters. The number of benzene rings is 2. The van der Waals surface area contributed by atoms with Crippen molar-refractivity contribution in [3.63, 3.8) is 0 Å². The van der Waals surface area contributed by atoms with Crippen LogP contribution in [0.3, 0.4) is 0 Å². The first-order valence-electron chi connectivity index (χ1n) is 8.89. The molecule has 0 aliphatic rings. The third-order valence-corrected chi connectivity index (χ3v) is 5.58. The molecule has 0 aliphatic heterocycles. The Morgan fingerprint density at radius 2 is 2.03 bits per heavy atom.